The Hall–Kier alpha value is -1.53. The molecule has 2 aromatic carbocycles. The Bertz CT molecular complexity index is 740. The second kappa shape index (κ2) is 12.1. The molecule has 28 heavy (non-hydrogen) atoms. The van der Waals surface area contributed by atoms with Crippen molar-refractivity contribution in [1.82, 2.24) is 0 Å². The van der Waals surface area contributed by atoms with Gasteiger partial charge in [-0.1, -0.05) is 48.5 Å². The highest BCUT2D eigenvalue weighted by Gasteiger charge is 2.10. The van der Waals surface area contributed by atoms with Gasteiger partial charge in [-0.25, -0.2) is 0 Å². The minimum atomic E-state index is -0.209. The molecule has 152 valence electrons. The summed E-state index contributed by atoms with van der Waals surface area (Å²) < 4.78 is 13.2. The standard InChI is InChI=1S/C22H27Br2NO3/c1-3-4-5-6-7-12-27-19-10-8-18(9-11-19)25-21(26)15-28-22-16(2)13-17(23)14-20(22)24/h8-11,13-14H,3-7,12,15H2,1-2H3,(H,25,26). The highest BCUT2D eigenvalue weighted by Crippen LogP contribution is 2.32. The number of nitrogens with one attached hydrogen (secondary N) is 1. The average molecular weight is 513 g/mol. The van der Waals surface area contributed by atoms with Crippen LogP contribution in [0.5, 0.6) is 11.5 Å². The maximum atomic E-state index is 12.2. The number of halogens is 2. The van der Waals surface area contributed by atoms with Gasteiger partial charge in [0.05, 0.1) is 11.1 Å². The number of carbonyl (C=O) groups excluding carboxylic acids is 1. The first-order valence-corrected chi connectivity index (χ1v) is 11.2. The van der Waals surface area contributed by atoms with Crippen LogP contribution in [0, 0.1) is 6.92 Å². The highest BCUT2D eigenvalue weighted by molar-refractivity contribution is 9.11. The van der Waals surface area contributed by atoms with E-state index in [9.17, 15) is 4.79 Å². The van der Waals surface area contributed by atoms with Crippen LogP contribution in [0.2, 0.25) is 0 Å². The predicted octanol–water partition coefficient (Wildman–Crippen LogP) is 6.89. The van der Waals surface area contributed by atoms with Crippen molar-refractivity contribution in [2.75, 3.05) is 18.5 Å². The van der Waals surface area contributed by atoms with Crippen LogP contribution in [0.15, 0.2) is 45.3 Å². The molecule has 2 aromatic rings. The Morgan fingerprint density at radius 2 is 1.71 bits per heavy atom. The number of ether oxygens (including phenoxy) is 2. The molecule has 0 spiro atoms. The lowest BCUT2D eigenvalue weighted by molar-refractivity contribution is -0.118. The van der Waals surface area contributed by atoms with Crippen molar-refractivity contribution in [3.05, 3.63) is 50.9 Å². The summed E-state index contributed by atoms with van der Waals surface area (Å²) in [5.41, 5.74) is 1.67. The molecular weight excluding hydrogens is 486 g/mol. The van der Waals surface area contributed by atoms with Crippen LogP contribution < -0.4 is 14.8 Å². The molecule has 0 aliphatic heterocycles. The van der Waals surface area contributed by atoms with E-state index in [4.69, 9.17) is 9.47 Å². The van der Waals surface area contributed by atoms with Gasteiger partial charge in [0.15, 0.2) is 6.61 Å². The Kier molecular flexibility index (Phi) is 9.85. The summed E-state index contributed by atoms with van der Waals surface area (Å²) in [7, 11) is 0. The second-order valence-electron chi connectivity index (χ2n) is 6.66. The fourth-order valence-corrected chi connectivity index (χ4v) is 4.29. The van der Waals surface area contributed by atoms with Crippen LogP contribution in [0.4, 0.5) is 5.69 Å². The van der Waals surface area contributed by atoms with Gasteiger partial charge in [0, 0.05) is 10.2 Å². The average Bonchev–Trinajstić information content (AvgIpc) is 2.65. The summed E-state index contributed by atoms with van der Waals surface area (Å²) >= 11 is 6.89. The molecule has 0 bridgehead atoms. The number of aryl methyl sites for hydroxylation is 1. The van der Waals surface area contributed by atoms with Crippen molar-refractivity contribution in [2.45, 2.75) is 46.0 Å². The maximum absolute atomic E-state index is 12.2. The third-order valence-corrected chi connectivity index (χ3v) is 5.24. The number of hydrogen-bond acceptors (Lipinski definition) is 3. The van der Waals surface area contributed by atoms with E-state index in [1.54, 1.807) is 0 Å². The van der Waals surface area contributed by atoms with E-state index in [0.29, 0.717) is 5.75 Å². The highest BCUT2D eigenvalue weighted by atomic mass is 79.9. The number of benzene rings is 2. The van der Waals surface area contributed by atoms with Crippen LogP contribution in [0.3, 0.4) is 0 Å². The third-order valence-electron chi connectivity index (χ3n) is 4.20. The normalized spacial score (nSPS) is 10.6. The number of carbonyl (C=O) groups is 1. The van der Waals surface area contributed by atoms with E-state index in [-0.39, 0.29) is 12.5 Å². The van der Waals surface area contributed by atoms with Gasteiger partial charge >= 0.3 is 0 Å². The molecule has 0 aliphatic rings. The molecule has 2 rings (SSSR count). The maximum Gasteiger partial charge on any atom is 0.262 e. The van der Waals surface area contributed by atoms with Crippen LogP contribution in [-0.4, -0.2) is 19.1 Å². The minimum absolute atomic E-state index is 0.0584. The first-order valence-electron chi connectivity index (χ1n) is 9.60. The van der Waals surface area contributed by atoms with E-state index in [1.165, 1.54) is 25.7 Å². The minimum Gasteiger partial charge on any atom is -0.494 e. The van der Waals surface area contributed by atoms with E-state index < -0.39 is 0 Å². The van der Waals surface area contributed by atoms with E-state index >= 15 is 0 Å². The zero-order valence-corrected chi connectivity index (χ0v) is 19.6. The van der Waals surface area contributed by atoms with Crippen molar-refractivity contribution in [3.8, 4) is 11.5 Å². The van der Waals surface area contributed by atoms with E-state index in [2.05, 4.69) is 44.1 Å². The predicted molar refractivity (Wildman–Crippen MR) is 121 cm³/mol. The monoisotopic (exact) mass is 511 g/mol. The van der Waals surface area contributed by atoms with Crippen LogP contribution in [0.25, 0.3) is 0 Å². The molecule has 1 N–H and O–H groups in total. The zero-order chi connectivity index (χ0) is 20.4. The summed E-state index contributed by atoms with van der Waals surface area (Å²) in [5, 5.41) is 2.84. The Labute approximate surface area is 184 Å². The first kappa shape index (κ1) is 22.8. The van der Waals surface area contributed by atoms with Crippen LogP contribution in [-0.2, 0) is 4.79 Å². The van der Waals surface area contributed by atoms with E-state index in [1.807, 2.05) is 43.3 Å². The summed E-state index contributed by atoms with van der Waals surface area (Å²) in [4.78, 5) is 12.2. The van der Waals surface area contributed by atoms with Gasteiger partial charge in [0.2, 0.25) is 0 Å². The van der Waals surface area contributed by atoms with Crippen LogP contribution >= 0.6 is 31.9 Å². The van der Waals surface area contributed by atoms with E-state index in [0.717, 1.165) is 39.0 Å². The molecule has 1 amide bonds. The van der Waals surface area contributed by atoms with Gasteiger partial charge in [-0.05, 0) is 71.2 Å². The molecular formula is C22H27Br2NO3. The number of rotatable bonds is 11. The van der Waals surface area contributed by atoms with Crippen molar-refractivity contribution in [2.24, 2.45) is 0 Å². The summed E-state index contributed by atoms with van der Waals surface area (Å²) in [6.07, 6.45) is 6.08. The smallest absolute Gasteiger partial charge is 0.262 e. The molecule has 0 radical (unpaired) electrons. The third kappa shape index (κ3) is 7.84. The van der Waals surface area contributed by atoms with Gasteiger partial charge < -0.3 is 14.8 Å². The van der Waals surface area contributed by atoms with Crippen molar-refractivity contribution in [1.29, 1.82) is 0 Å². The summed E-state index contributed by atoms with van der Waals surface area (Å²) in [6, 6.07) is 11.3. The molecule has 0 aromatic heterocycles. The second-order valence-corrected chi connectivity index (χ2v) is 8.43. The topological polar surface area (TPSA) is 47.6 Å². The molecule has 4 nitrogen and oxygen atoms in total. The Morgan fingerprint density at radius 3 is 2.39 bits per heavy atom. The largest absolute Gasteiger partial charge is 0.494 e. The lowest BCUT2D eigenvalue weighted by atomic mass is 10.2. The van der Waals surface area contributed by atoms with Gasteiger partial charge in [-0.15, -0.1) is 0 Å². The molecule has 0 saturated heterocycles. The van der Waals surface area contributed by atoms with Crippen molar-refractivity contribution >= 4 is 43.5 Å². The SMILES string of the molecule is CCCCCCCOc1ccc(NC(=O)COc2c(C)cc(Br)cc2Br)cc1. The number of unbranched alkanes of at least 4 members (excludes halogenated alkanes) is 4. The Morgan fingerprint density at radius 1 is 1.00 bits per heavy atom. The Balaban J connectivity index is 1.75. The fourth-order valence-electron chi connectivity index (χ4n) is 2.74. The van der Waals surface area contributed by atoms with Crippen molar-refractivity contribution in [3.63, 3.8) is 0 Å². The molecule has 0 saturated carbocycles. The van der Waals surface area contributed by atoms with Gasteiger partial charge in [-0.2, -0.15) is 0 Å². The molecule has 0 aliphatic carbocycles. The number of hydrogen-bond donors (Lipinski definition) is 1. The first-order chi connectivity index (χ1) is 13.5. The zero-order valence-electron chi connectivity index (χ0n) is 16.4. The van der Waals surface area contributed by atoms with Gasteiger partial charge in [0.1, 0.15) is 11.5 Å². The summed E-state index contributed by atoms with van der Waals surface area (Å²) in [5.74, 6) is 1.28. The summed E-state index contributed by atoms with van der Waals surface area (Å²) in [6.45, 7) is 4.82. The van der Waals surface area contributed by atoms with Gasteiger partial charge in [0.25, 0.3) is 5.91 Å². The molecule has 0 heterocycles. The van der Waals surface area contributed by atoms with Crippen molar-refractivity contribution < 1.29 is 14.3 Å². The lowest BCUT2D eigenvalue weighted by Gasteiger charge is -2.12. The molecule has 0 atom stereocenters. The number of anilines is 1. The van der Waals surface area contributed by atoms with Gasteiger partial charge in [-0.3, -0.25) is 4.79 Å². The number of amides is 1. The molecule has 0 fully saturated rings. The fraction of sp³-hybridized carbons (Fsp3) is 0.409. The van der Waals surface area contributed by atoms with Crippen LogP contribution in [0.1, 0.15) is 44.6 Å². The molecule has 6 heteroatoms. The lowest BCUT2D eigenvalue weighted by Crippen LogP contribution is -2.20. The molecule has 0 unspecified atom stereocenters. The quantitative estimate of drug-likeness (QED) is 0.333.